The molecule has 0 spiro atoms. The first-order valence-corrected chi connectivity index (χ1v) is 6.02. The standard InChI is InChI=1S/C9H12O2S2/c1-6-5-7(3-4-8(10)11)13-9(6)12-2/h5H,3-4H2,1-2H3,(H,10,11). The molecule has 0 saturated carbocycles. The number of rotatable bonds is 4. The zero-order valence-corrected chi connectivity index (χ0v) is 9.30. The topological polar surface area (TPSA) is 37.3 Å². The summed E-state index contributed by atoms with van der Waals surface area (Å²) in [7, 11) is 0. The van der Waals surface area contributed by atoms with Gasteiger partial charge in [0, 0.05) is 4.88 Å². The highest BCUT2D eigenvalue weighted by molar-refractivity contribution is 8.00. The zero-order chi connectivity index (χ0) is 9.84. The predicted octanol–water partition coefficient (Wildman–Crippen LogP) is 2.80. The fraction of sp³-hybridized carbons (Fsp3) is 0.444. The van der Waals surface area contributed by atoms with E-state index in [2.05, 4.69) is 13.0 Å². The van der Waals surface area contributed by atoms with Gasteiger partial charge in [-0.1, -0.05) is 0 Å². The van der Waals surface area contributed by atoms with E-state index in [9.17, 15) is 4.79 Å². The number of thioether (sulfide) groups is 1. The Bertz CT molecular complexity index is 305. The maximum absolute atomic E-state index is 10.3. The van der Waals surface area contributed by atoms with Crippen LogP contribution in [-0.2, 0) is 11.2 Å². The van der Waals surface area contributed by atoms with E-state index >= 15 is 0 Å². The summed E-state index contributed by atoms with van der Waals surface area (Å²) in [6, 6.07) is 2.08. The lowest BCUT2D eigenvalue weighted by Crippen LogP contribution is -1.95. The van der Waals surface area contributed by atoms with Crippen molar-refractivity contribution in [2.75, 3.05) is 6.26 Å². The van der Waals surface area contributed by atoms with E-state index in [0.717, 1.165) is 0 Å². The Morgan fingerprint density at radius 3 is 2.85 bits per heavy atom. The summed E-state index contributed by atoms with van der Waals surface area (Å²) in [6.45, 7) is 2.06. The average molecular weight is 216 g/mol. The second-order valence-corrected chi connectivity index (χ2v) is 4.99. The van der Waals surface area contributed by atoms with E-state index < -0.39 is 5.97 Å². The second-order valence-electron chi connectivity index (χ2n) is 2.78. The molecular weight excluding hydrogens is 204 g/mol. The monoisotopic (exact) mass is 216 g/mol. The fourth-order valence-corrected chi connectivity index (χ4v) is 3.02. The zero-order valence-electron chi connectivity index (χ0n) is 7.66. The van der Waals surface area contributed by atoms with Crippen molar-refractivity contribution in [2.24, 2.45) is 0 Å². The Balaban J connectivity index is 2.62. The van der Waals surface area contributed by atoms with Gasteiger partial charge >= 0.3 is 5.97 Å². The van der Waals surface area contributed by atoms with Crippen LogP contribution in [-0.4, -0.2) is 17.3 Å². The molecule has 0 aliphatic heterocycles. The van der Waals surface area contributed by atoms with Gasteiger partial charge in [0.2, 0.25) is 0 Å². The van der Waals surface area contributed by atoms with Crippen LogP contribution < -0.4 is 0 Å². The number of carbonyl (C=O) groups is 1. The summed E-state index contributed by atoms with van der Waals surface area (Å²) in [5.74, 6) is -0.725. The van der Waals surface area contributed by atoms with Gasteiger partial charge in [0.05, 0.1) is 10.6 Å². The van der Waals surface area contributed by atoms with Crippen LogP contribution in [0.4, 0.5) is 0 Å². The maximum Gasteiger partial charge on any atom is 0.303 e. The first-order valence-electron chi connectivity index (χ1n) is 3.98. The van der Waals surface area contributed by atoms with Gasteiger partial charge in [-0.2, -0.15) is 0 Å². The van der Waals surface area contributed by atoms with E-state index in [0.29, 0.717) is 6.42 Å². The molecule has 0 amide bonds. The summed E-state index contributed by atoms with van der Waals surface area (Å²) in [5.41, 5.74) is 1.26. The van der Waals surface area contributed by atoms with Crippen LogP contribution in [0.1, 0.15) is 16.9 Å². The van der Waals surface area contributed by atoms with Gasteiger partial charge in [0.1, 0.15) is 0 Å². The van der Waals surface area contributed by atoms with Gasteiger partial charge in [0.25, 0.3) is 0 Å². The van der Waals surface area contributed by atoms with Crippen molar-refractivity contribution in [1.29, 1.82) is 0 Å². The molecule has 2 nitrogen and oxygen atoms in total. The Morgan fingerprint density at radius 2 is 2.38 bits per heavy atom. The first-order chi connectivity index (χ1) is 6.13. The Hall–Kier alpha value is -0.480. The largest absolute Gasteiger partial charge is 0.481 e. The van der Waals surface area contributed by atoms with Crippen LogP contribution in [0.15, 0.2) is 10.3 Å². The SMILES string of the molecule is CSc1sc(CCC(=O)O)cc1C. The van der Waals surface area contributed by atoms with Crippen LogP contribution in [0.2, 0.25) is 0 Å². The minimum absolute atomic E-state index is 0.230. The molecular formula is C9H12O2S2. The van der Waals surface area contributed by atoms with Gasteiger partial charge < -0.3 is 5.11 Å². The molecule has 1 heterocycles. The number of carboxylic acids is 1. The number of carboxylic acid groups (broad SMARTS) is 1. The minimum atomic E-state index is -0.725. The maximum atomic E-state index is 10.3. The van der Waals surface area contributed by atoms with Gasteiger partial charge in [0.15, 0.2) is 0 Å². The average Bonchev–Trinajstić information content (AvgIpc) is 2.43. The number of aliphatic carboxylic acids is 1. The highest BCUT2D eigenvalue weighted by Crippen LogP contribution is 2.30. The number of hydrogen-bond acceptors (Lipinski definition) is 3. The molecule has 0 aliphatic carbocycles. The third-order valence-corrected chi connectivity index (χ3v) is 4.23. The number of aryl methyl sites for hydroxylation is 2. The molecule has 1 rings (SSSR count). The van der Waals surface area contributed by atoms with Crippen molar-refractivity contribution in [1.82, 2.24) is 0 Å². The first kappa shape index (κ1) is 10.6. The molecule has 0 radical (unpaired) electrons. The van der Waals surface area contributed by atoms with Crippen molar-refractivity contribution < 1.29 is 9.90 Å². The molecule has 0 fully saturated rings. The van der Waals surface area contributed by atoms with Crippen LogP contribution in [0, 0.1) is 6.92 Å². The highest BCUT2D eigenvalue weighted by atomic mass is 32.2. The molecule has 0 unspecified atom stereocenters. The molecule has 1 aromatic heterocycles. The van der Waals surface area contributed by atoms with Gasteiger partial charge in [-0.15, -0.1) is 23.1 Å². The summed E-state index contributed by atoms with van der Waals surface area (Å²) < 4.78 is 1.29. The molecule has 0 aromatic carbocycles. The highest BCUT2D eigenvalue weighted by Gasteiger charge is 2.05. The summed E-state index contributed by atoms with van der Waals surface area (Å²) in [5, 5.41) is 8.51. The molecule has 72 valence electrons. The molecule has 1 N–H and O–H groups in total. The third kappa shape index (κ3) is 3.04. The van der Waals surface area contributed by atoms with E-state index in [4.69, 9.17) is 5.11 Å². The van der Waals surface area contributed by atoms with Crippen molar-refractivity contribution in [3.63, 3.8) is 0 Å². The molecule has 0 bridgehead atoms. The summed E-state index contributed by atoms with van der Waals surface area (Å²) in [4.78, 5) is 11.5. The molecule has 0 atom stereocenters. The van der Waals surface area contributed by atoms with Crippen LogP contribution in [0.5, 0.6) is 0 Å². The van der Waals surface area contributed by atoms with E-state index in [-0.39, 0.29) is 6.42 Å². The van der Waals surface area contributed by atoms with E-state index in [1.807, 2.05) is 6.26 Å². The lowest BCUT2D eigenvalue weighted by atomic mass is 10.2. The van der Waals surface area contributed by atoms with Gasteiger partial charge in [-0.05, 0) is 31.2 Å². The van der Waals surface area contributed by atoms with E-state index in [1.54, 1.807) is 23.1 Å². The van der Waals surface area contributed by atoms with Crippen molar-refractivity contribution in [3.8, 4) is 0 Å². The number of hydrogen-bond donors (Lipinski definition) is 1. The summed E-state index contributed by atoms with van der Waals surface area (Å²) >= 11 is 3.42. The van der Waals surface area contributed by atoms with Crippen LogP contribution in [0.3, 0.4) is 0 Å². The normalized spacial score (nSPS) is 10.3. The van der Waals surface area contributed by atoms with Crippen molar-refractivity contribution in [3.05, 3.63) is 16.5 Å². The molecule has 13 heavy (non-hydrogen) atoms. The Labute approximate surface area is 86.0 Å². The van der Waals surface area contributed by atoms with Crippen LogP contribution >= 0.6 is 23.1 Å². The van der Waals surface area contributed by atoms with Gasteiger partial charge in [-0.25, -0.2) is 0 Å². The predicted molar refractivity (Wildman–Crippen MR) is 56.8 cm³/mol. The minimum Gasteiger partial charge on any atom is -0.481 e. The van der Waals surface area contributed by atoms with Crippen LogP contribution in [0.25, 0.3) is 0 Å². The smallest absolute Gasteiger partial charge is 0.303 e. The van der Waals surface area contributed by atoms with Crippen molar-refractivity contribution in [2.45, 2.75) is 24.0 Å². The second kappa shape index (κ2) is 4.67. The van der Waals surface area contributed by atoms with Gasteiger partial charge in [-0.3, -0.25) is 4.79 Å². The summed E-state index contributed by atoms with van der Waals surface area (Å²) in [6.07, 6.45) is 2.93. The molecule has 1 aromatic rings. The van der Waals surface area contributed by atoms with Crippen molar-refractivity contribution >= 4 is 29.1 Å². The molecule has 0 aliphatic rings. The molecule has 4 heteroatoms. The number of thiophene rings is 1. The third-order valence-electron chi connectivity index (χ3n) is 1.69. The quantitative estimate of drug-likeness (QED) is 0.786. The lowest BCUT2D eigenvalue weighted by Gasteiger charge is -1.90. The Morgan fingerprint density at radius 1 is 1.69 bits per heavy atom. The molecule has 0 saturated heterocycles. The lowest BCUT2D eigenvalue weighted by molar-refractivity contribution is -0.136. The Kier molecular flexibility index (Phi) is 3.81. The fourth-order valence-electron chi connectivity index (χ4n) is 1.09. The van der Waals surface area contributed by atoms with E-state index in [1.165, 1.54) is 14.6 Å².